The highest BCUT2D eigenvalue weighted by molar-refractivity contribution is 5.52. The largest absolute Gasteiger partial charge is 0.370 e. The van der Waals surface area contributed by atoms with Crippen LogP contribution in [-0.2, 0) is 13.1 Å². The highest BCUT2D eigenvalue weighted by Crippen LogP contribution is 2.20. The molecule has 0 saturated heterocycles. The molecular weight excluding hydrogens is 246 g/mol. The standard InChI is InChI=1S/C17H23N3/c1-14(2)19-12-16-11-18-10-9-17(16)20(3)13-15-7-5-4-6-8-15/h4-11,14,19H,12-13H2,1-3H3. The second-order valence-electron chi connectivity index (χ2n) is 5.38. The predicted octanol–water partition coefficient (Wildman–Crippen LogP) is 3.22. The molecule has 0 amide bonds. The van der Waals surface area contributed by atoms with Crippen molar-refractivity contribution >= 4 is 5.69 Å². The van der Waals surface area contributed by atoms with E-state index in [0.717, 1.165) is 13.1 Å². The van der Waals surface area contributed by atoms with Gasteiger partial charge in [0.05, 0.1) is 0 Å². The lowest BCUT2D eigenvalue weighted by atomic mass is 10.1. The highest BCUT2D eigenvalue weighted by Gasteiger charge is 2.08. The molecule has 2 aromatic rings. The number of nitrogens with one attached hydrogen (secondary N) is 1. The number of nitrogens with zero attached hydrogens (tertiary/aromatic N) is 2. The molecule has 0 aliphatic heterocycles. The molecule has 1 heterocycles. The Morgan fingerprint density at radius 2 is 1.90 bits per heavy atom. The fourth-order valence-corrected chi connectivity index (χ4v) is 2.18. The van der Waals surface area contributed by atoms with Gasteiger partial charge in [0.15, 0.2) is 0 Å². The van der Waals surface area contributed by atoms with Crippen LogP contribution in [0.15, 0.2) is 48.8 Å². The molecule has 0 fully saturated rings. The van der Waals surface area contributed by atoms with E-state index in [9.17, 15) is 0 Å². The molecule has 1 aromatic carbocycles. The zero-order valence-electron chi connectivity index (χ0n) is 12.5. The number of hydrogen-bond donors (Lipinski definition) is 1. The number of anilines is 1. The van der Waals surface area contributed by atoms with E-state index in [4.69, 9.17) is 0 Å². The Hall–Kier alpha value is -1.87. The fourth-order valence-electron chi connectivity index (χ4n) is 2.18. The van der Waals surface area contributed by atoms with Gasteiger partial charge in [-0.15, -0.1) is 0 Å². The summed E-state index contributed by atoms with van der Waals surface area (Å²) in [6.45, 7) is 6.06. The van der Waals surface area contributed by atoms with Gasteiger partial charge >= 0.3 is 0 Å². The van der Waals surface area contributed by atoms with E-state index < -0.39 is 0 Å². The lowest BCUT2D eigenvalue weighted by Crippen LogP contribution is -2.24. The molecule has 0 unspecified atom stereocenters. The molecule has 0 spiro atoms. The maximum atomic E-state index is 4.25. The number of benzene rings is 1. The van der Waals surface area contributed by atoms with Crippen LogP contribution in [0, 0.1) is 0 Å². The van der Waals surface area contributed by atoms with Crippen LogP contribution in [0.2, 0.25) is 0 Å². The van der Waals surface area contributed by atoms with Crippen LogP contribution in [0.5, 0.6) is 0 Å². The summed E-state index contributed by atoms with van der Waals surface area (Å²) in [7, 11) is 2.13. The van der Waals surface area contributed by atoms with Gasteiger partial charge < -0.3 is 10.2 Å². The fraction of sp³-hybridized carbons (Fsp3) is 0.353. The van der Waals surface area contributed by atoms with Crippen molar-refractivity contribution in [1.29, 1.82) is 0 Å². The van der Waals surface area contributed by atoms with Gasteiger partial charge in [0.25, 0.3) is 0 Å². The monoisotopic (exact) mass is 269 g/mol. The van der Waals surface area contributed by atoms with Crippen LogP contribution in [0.25, 0.3) is 0 Å². The smallest absolute Gasteiger partial charge is 0.0443 e. The van der Waals surface area contributed by atoms with Crippen LogP contribution in [0.4, 0.5) is 5.69 Å². The normalized spacial score (nSPS) is 10.8. The third-order valence-corrected chi connectivity index (χ3v) is 3.25. The Labute approximate surface area is 121 Å². The van der Waals surface area contributed by atoms with E-state index in [0.29, 0.717) is 6.04 Å². The van der Waals surface area contributed by atoms with E-state index in [1.54, 1.807) is 0 Å². The van der Waals surface area contributed by atoms with E-state index in [1.807, 2.05) is 18.5 Å². The second-order valence-corrected chi connectivity index (χ2v) is 5.38. The van der Waals surface area contributed by atoms with Crippen LogP contribution < -0.4 is 10.2 Å². The van der Waals surface area contributed by atoms with Crippen molar-refractivity contribution in [2.45, 2.75) is 33.0 Å². The van der Waals surface area contributed by atoms with Crippen molar-refractivity contribution in [3.63, 3.8) is 0 Å². The Morgan fingerprint density at radius 1 is 1.15 bits per heavy atom. The number of aromatic nitrogens is 1. The summed E-state index contributed by atoms with van der Waals surface area (Å²) in [5.41, 5.74) is 3.78. The summed E-state index contributed by atoms with van der Waals surface area (Å²) < 4.78 is 0. The summed E-state index contributed by atoms with van der Waals surface area (Å²) in [5, 5.41) is 3.45. The Balaban J connectivity index is 2.11. The van der Waals surface area contributed by atoms with E-state index in [2.05, 4.69) is 66.4 Å². The Kier molecular flexibility index (Phi) is 5.13. The Bertz CT molecular complexity index is 523. The van der Waals surface area contributed by atoms with Crippen molar-refractivity contribution in [2.24, 2.45) is 0 Å². The summed E-state index contributed by atoms with van der Waals surface area (Å²) >= 11 is 0. The van der Waals surface area contributed by atoms with Gasteiger partial charge in [-0.3, -0.25) is 4.98 Å². The molecular formula is C17H23N3. The number of hydrogen-bond acceptors (Lipinski definition) is 3. The van der Waals surface area contributed by atoms with Crippen LogP contribution in [0.1, 0.15) is 25.0 Å². The van der Waals surface area contributed by atoms with Crippen molar-refractivity contribution in [2.75, 3.05) is 11.9 Å². The summed E-state index contributed by atoms with van der Waals surface area (Å²) in [6, 6.07) is 13.1. The second kappa shape index (κ2) is 7.06. The van der Waals surface area contributed by atoms with Crippen molar-refractivity contribution in [1.82, 2.24) is 10.3 Å². The zero-order chi connectivity index (χ0) is 14.4. The first-order valence-electron chi connectivity index (χ1n) is 7.08. The van der Waals surface area contributed by atoms with Gasteiger partial charge in [-0.05, 0) is 11.6 Å². The van der Waals surface area contributed by atoms with E-state index in [-0.39, 0.29) is 0 Å². The first kappa shape index (κ1) is 14.5. The predicted molar refractivity (Wildman–Crippen MR) is 84.8 cm³/mol. The minimum absolute atomic E-state index is 0.475. The molecule has 3 heteroatoms. The topological polar surface area (TPSA) is 28.2 Å². The molecule has 0 radical (unpaired) electrons. The molecule has 3 nitrogen and oxygen atoms in total. The first-order valence-corrected chi connectivity index (χ1v) is 7.08. The summed E-state index contributed by atoms with van der Waals surface area (Å²) in [4.78, 5) is 6.52. The molecule has 1 N–H and O–H groups in total. The highest BCUT2D eigenvalue weighted by atomic mass is 15.1. The quantitative estimate of drug-likeness (QED) is 0.872. The minimum Gasteiger partial charge on any atom is -0.370 e. The van der Waals surface area contributed by atoms with Gasteiger partial charge in [-0.1, -0.05) is 44.2 Å². The first-order chi connectivity index (χ1) is 9.66. The van der Waals surface area contributed by atoms with Crippen LogP contribution in [-0.4, -0.2) is 18.1 Å². The molecule has 0 atom stereocenters. The molecule has 0 aliphatic carbocycles. The minimum atomic E-state index is 0.475. The van der Waals surface area contributed by atoms with Gasteiger partial charge in [-0.2, -0.15) is 0 Å². The molecule has 20 heavy (non-hydrogen) atoms. The molecule has 0 saturated carbocycles. The van der Waals surface area contributed by atoms with Crippen LogP contribution >= 0.6 is 0 Å². The van der Waals surface area contributed by atoms with Gasteiger partial charge in [0.1, 0.15) is 0 Å². The van der Waals surface area contributed by atoms with Crippen molar-refractivity contribution in [3.05, 3.63) is 59.9 Å². The molecule has 2 rings (SSSR count). The van der Waals surface area contributed by atoms with E-state index in [1.165, 1.54) is 16.8 Å². The summed E-state index contributed by atoms with van der Waals surface area (Å²) in [6.07, 6.45) is 3.81. The van der Waals surface area contributed by atoms with Crippen LogP contribution in [0.3, 0.4) is 0 Å². The van der Waals surface area contributed by atoms with Gasteiger partial charge in [-0.25, -0.2) is 0 Å². The number of pyridine rings is 1. The zero-order valence-corrected chi connectivity index (χ0v) is 12.5. The third-order valence-electron chi connectivity index (χ3n) is 3.25. The Morgan fingerprint density at radius 3 is 2.60 bits per heavy atom. The number of rotatable bonds is 6. The molecule has 0 aliphatic rings. The molecule has 1 aromatic heterocycles. The van der Waals surface area contributed by atoms with Gasteiger partial charge in [0, 0.05) is 49.8 Å². The maximum absolute atomic E-state index is 4.25. The van der Waals surface area contributed by atoms with Crippen molar-refractivity contribution < 1.29 is 0 Å². The summed E-state index contributed by atoms with van der Waals surface area (Å²) in [5.74, 6) is 0. The molecule has 106 valence electrons. The van der Waals surface area contributed by atoms with Crippen molar-refractivity contribution in [3.8, 4) is 0 Å². The third kappa shape index (κ3) is 4.07. The average molecular weight is 269 g/mol. The lowest BCUT2D eigenvalue weighted by Gasteiger charge is -2.23. The maximum Gasteiger partial charge on any atom is 0.0443 e. The average Bonchev–Trinajstić information content (AvgIpc) is 2.46. The SMILES string of the molecule is CC(C)NCc1cnccc1N(C)Cc1ccccc1. The van der Waals surface area contributed by atoms with E-state index >= 15 is 0 Å². The molecule has 0 bridgehead atoms. The van der Waals surface area contributed by atoms with Gasteiger partial charge in [0.2, 0.25) is 0 Å². The lowest BCUT2D eigenvalue weighted by molar-refractivity contribution is 0.587.